The fourth-order valence-electron chi connectivity index (χ4n) is 2.91. The topological polar surface area (TPSA) is 61.3 Å². The van der Waals surface area contributed by atoms with Gasteiger partial charge in [0.25, 0.3) is 0 Å². The second-order valence-corrected chi connectivity index (χ2v) is 6.23. The Bertz CT molecular complexity index is 999. The summed E-state index contributed by atoms with van der Waals surface area (Å²) in [6.45, 7) is 14.7. The molecule has 152 valence electrons. The molecule has 0 spiro atoms. The van der Waals surface area contributed by atoms with Crippen LogP contribution in [0.3, 0.4) is 0 Å². The number of hydrogen-bond donors (Lipinski definition) is 1. The number of hydrogen-bond acceptors (Lipinski definition) is 4. The first-order valence-corrected chi connectivity index (χ1v) is 9.95. The molecule has 0 atom stereocenters. The van der Waals surface area contributed by atoms with Crippen LogP contribution < -0.4 is 5.73 Å². The minimum Gasteiger partial charge on any atom is -0.489 e. The Hall–Kier alpha value is -3.11. The fourth-order valence-corrected chi connectivity index (χ4v) is 2.91. The maximum Gasteiger partial charge on any atom is 0.141 e. The van der Waals surface area contributed by atoms with E-state index in [2.05, 4.69) is 37.2 Å². The number of benzene rings is 1. The number of allylic oxidation sites excluding steroid dienone is 3. The molecule has 1 aromatic carbocycles. The predicted molar refractivity (Wildman–Crippen MR) is 121 cm³/mol. The van der Waals surface area contributed by atoms with Crippen molar-refractivity contribution in [2.45, 2.75) is 40.3 Å². The summed E-state index contributed by atoms with van der Waals surface area (Å²) in [6.07, 6.45) is 7.85. The Kier molecular flexibility index (Phi) is 8.44. The summed E-state index contributed by atoms with van der Waals surface area (Å²) in [4.78, 5) is 4.28. The summed E-state index contributed by atoms with van der Waals surface area (Å²) in [5.74, 6) is 0.760. The monoisotopic (exact) mass is 390 g/mol. The zero-order valence-electron chi connectivity index (χ0n) is 17.6. The van der Waals surface area contributed by atoms with Gasteiger partial charge in [0, 0.05) is 23.7 Å². The highest BCUT2D eigenvalue weighted by Crippen LogP contribution is 2.32. The van der Waals surface area contributed by atoms with E-state index in [1.807, 2.05) is 38.1 Å². The SMILES string of the molecule is C=C/C=C(/OCc1cc(-c2ccnc(CN)c2)c2occc2c1)C(=C)CC.CC. The quantitative estimate of drug-likeness (QED) is 0.351. The number of pyridine rings is 1. The molecule has 4 heteroatoms. The minimum absolute atomic E-state index is 0.396. The Morgan fingerprint density at radius 1 is 1.24 bits per heavy atom. The molecular formula is C25H30N2O2. The molecule has 0 aliphatic heterocycles. The summed E-state index contributed by atoms with van der Waals surface area (Å²) in [7, 11) is 0. The molecule has 4 nitrogen and oxygen atoms in total. The number of rotatable bonds is 8. The lowest BCUT2D eigenvalue weighted by atomic mass is 10.0. The van der Waals surface area contributed by atoms with Crippen molar-refractivity contribution in [2.24, 2.45) is 5.73 Å². The van der Waals surface area contributed by atoms with E-state index in [4.69, 9.17) is 14.9 Å². The lowest BCUT2D eigenvalue weighted by Crippen LogP contribution is -1.99. The summed E-state index contributed by atoms with van der Waals surface area (Å²) < 4.78 is 11.7. The van der Waals surface area contributed by atoms with E-state index >= 15 is 0 Å². The van der Waals surface area contributed by atoms with E-state index in [0.29, 0.717) is 13.2 Å². The van der Waals surface area contributed by atoms with E-state index in [1.165, 1.54) is 0 Å². The normalized spacial score (nSPS) is 11.0. The third-order valence-electron chi connectivity index (χ3n) is 4.39. The van der Waals surface area contributed by atoms with Crippen molar-refractivity contribution in [1.29, 1.82) is 0 Å². The number of nitrogens with two attached hydrogens (primary N) is 1. The molecule has 2 N–H and O–H groups in total. The van der Waals surface area contributed by atoms with E-state index in [0.717, 1.165) is 51.1 Å². The first-order valence-electron chi connectivity index (χ1n) is 9.95. The van der Waals surface area contributed by atoms with Crippen LogP contribution in [0.15, 0.2) is 83.9 Å². The van der Waals surface area contributed by atoms with Crippen LogP contribution in [-0.2, 0) is 17.9 Å². The molecule has 2 heterocycles. The summed E-state index contributed by atoms with van der Waals surface area (Å²) in [5, 5.41) is 1.03. The molecule has 0 amide bonds. The Morgan fingerprint density at radius 3 is 2.72 bits per heavy atom. The highest BCUT2D eigenvalue weighted by Gasteiger charge is 2.11. The molecule has 29 heavy (non-hydrogen) atoms. The molecule has 0 bridgehead atoms. The van der Waals surface area contributed by atoms with Crippen LogP contribution >= 0.6 is 0 Å². The van der Waals surface area contributed by atoms with Crippen molar-refractivity contribution in [3.63, 3.8) is 0 Å². The molecule has 3 aromatic rings. The van der Waals surface area contributed by atoms with Crippen LogP contribution in [0.2, 0.25) is 0 Å². The van der Waals surface area contributed by atoms with Gasteiger partial charge in [-0.25, -0.2) is 0 Å². The Morgan fingerprint density at radius 2 is 2.03 bits per heavy atom. The van der Waals surface area contributed by atoms with Gasteiger partial charge in [0.2, 0.25) is 0 Å². The number of nitrogens with zero attached hydrogens (tertiary/aromatic N) is 1. The third-order valence-corrected chi connectivity index (χ3v) is 4.39. The van der Waals surface area contributed by atoms with Gasteiger partial charge >= 0.3 is 0 Å². The van der Waals surface area contributed by atoms with E-state index in [1.54, 1.807) is 18.5 Å². The van der Waals surface area contributed by atoms with Crippen molar-refractivity contribution in [2.75, 3.05) is 0 Å². The molecule has 0 aliphatic rings. The maximum absolute atomic E-state index is 6.01. The highest BCUT2D eigenvalue weighted by atomic mass is 16.5. The van der Waals surface area contributed by atoms with Gasteiger partial charge in [0.05, 0.1) is 12.0 Å². The van der Waals surface area contributed by atoms with Gasteiger partial charge in [-0.3, -0.25) is 4.98 Å². The Labute approximate surface area is 173 Å². The lowest BCUT2D eigenvalue weighted by molar-refractivity contribution is 0.206. The van der Waals surface area contributed by atoms with Gasteiger partial charge in [-0.05, 0) is 59.5 Å². The summed E-state index contributed by atoms with van der Waals surface area (Å²) in [6, 6.07) is 10.1. The van der Waals surface area contributed by atoms with Crippen molar-refractivity contribution in [3.05, 3.63) is 90.7 Å². The molecule has 0 saturated heterocycles. The second kappa shape index (κ2) is 11.0. The van der Waals surface area contributed by atoms with Crippen molar-refractivity contribution in [1.82, 2.24) is 4.98 Å². The summed E-state index contributed by atoms with van der Waals surface area (Å²) in [5.41, 5.74) is 11.4. The van der Waals surface area contributed by atoms with Gasteiger partial charge in [0.15, 0.2) is 0 Å². The minimum atomic E-state index is 0.396. The Balaban J connectivity index is 0.00000145. The van der Waals surface area contributed by atoms with Crippen LogP contribution in [0, 0.1) is 0 Å². The van der Waals surface area contributed by atoms with E-state index in [9.17, 15) is 0 Å². The van der Waals surface area contributed by atoms with Gasteiger partial charge < -0.3 is 14.9 Å². The number of ether oxygens (including phenoxy) is 1. The molecular weight excluding hydrogens is 360 g/mol. The molecule has 0 saturated carbocycles. The van der Waals surface area contributed by atoms with Crippen LogP contribution in [-0.4, -0.2) is 4.98 Å². The van der Waals surface area contributed by atoms with E-state index < -0.39 is 0 Å². The molecule has 2 aromatic heterocycles. The maximum atomic E-state index is 6.01. The zero-order chi connectivity index (χ0) is 21.2. The number of furan rings is 1. The van der Waals surface area contributed by atoms with Crippen molar-refractivity contribution < 1.29 is 9.15 Å². The van der Waals surface area contributed by atoms with Crippen LogP contribution in [0.1, 0.15) is 38.4 Å². The summed E-state index contributed by atoms with van der Waals surface area (Å²) >= 11 is 0. The van der Waals surface area contributed by atoms with Crippen LogP contribution in [0.25, 0.3) is 22.1 Å². The van der Waals surface area contributed by atoms with Gasteiger partial charge in [-0.15, -0.1) is 0 Å². The first kappa shape index (κ1) is 22.2. The van der Waals surface area contributed by atoms with Crippen LogP contribution in [0.5, 0.6) is 0 Å². The average molecular weight is 391 g/mol. The molecule has 0 aliphatic carbocycles. The number of fused-ring (bicyclic) bond motifs is 1. The molecule has 0 unspecified atom stereocenters. The molecule has 3 rings (SSSR count). The van der Waals surface area contributed by atoms with Gasteiger partial charge in [-0.1, -0.05) is 40.0 Å². The van der Waals surface area contributed by atoms with Gasteiger partial charge in [-0.2, -0.15) is 0 Å². The molecule has 0 radical (unpaired) electrons. The third kappa shape index (κ3) is 5.46. The second-order valence-electron chi connectivity index (χ2n) is 6.23. The van der Waals surface area contributed by atoms with E-state index in [-0.39, 0.29) is 0 Å². The first-order chi connectivity index (χ1) is 14.2. The smallest absolute Gasteiger partial charge is 0.141 e. The fraction of sp³-hybridized carbons (Fsp3) is 0.240. The standard InChI is InChI=1S/C23H24N2O2.C2H6/c1-4-6-22(16(3)5-2)27-15-17-11-19-8-10-26-23(19)21(12-17)18-7-9-25-20(13-18)14-24;1-2/h4,6-13H,1,3,5,14-15,24H2,2H3;1-2H3/b22-6+;. The van der Waals surface area contributed by atoms with Crippen LogP contribution in [0.4, 0.5) is 0 Å². The highest BCUT2D eigenvalue weighted by molar-refractivity contribution is 5.93. The zero-order valence-corrected chi connectivity index (χ0v) is 17.6. The largest absolute Gasteiger partial charge is 0.489 e. The van der Waals surface area contributed by atoms with Gasteiger partial charge in [0.1, 0.15) is 17.9 Å². The molecule has 0 fully saturated rings. The van der Waals surface area contributed by atoms with Crippen molar-refractivity contribution in [3.8, 4) is 11.1 Å². The lowest BCUT2D eigenvalue weighted by Gasteiger charge is -2.13. The average Bonchev–Trinajstić information content (AvgIpc) is 3.25. The number of aromatic nitrogens is 1. The van der Waals surface area contributed by atoms with Crippen molar-refractivity contribution >= 4 is 11.0 Å². The predicted octanol–water partition coefficient (Wildman–Crippen LogP) is 6.53.